The van der Waals surface area contributed by atoms with E-state index in [1.807, 2.05) is 42.7 Å². The molecule has 17 heavy (non-hydrogen) atoms. The SMILES string of the molecule is Nc1ccc2ncn(Cc3ccccc3)c2c1. The van der Waals surface area contributed by atoms with Gasteiger partial charge in [-0.05, 0) is 23.8 Å². The summed E-state index contributed by atoms with van der Waals surface area (Å²) >= 11 is 0. The standard InChI is InChI=1S/C14H13N3/c15-12-6-7-13-14(8-12)17(10-16-13)9-11-4-2-1-3-5-11/h1-8,10H,9,15H2. The van der Waals surface area contributed by atoms with Gasteiger partial charge in [0.25, 0.3) is 0 Å². The lowest BCUT2D eigenvalue weighted by atomic mass is 10.2. The van der Waals surface area contributed by atoms with Gasteiger partial charge in [-0.15, -0.1) is 0 Å². The molecule has 0 fully saturated rings. The summed E-state index contributed by atoms with van der Waals surface area (Å²) in [6, 6.07) is 16.1. The zero-order chi connectivity index (χ0) is 11.7. The van der Waals surface area contributed by atoms with Gasteiger partial charge >= 0.3 is 0 Å². The molecular weight excluding hydrogens is 210 g/mol. The molecule has 0 bridgehead atoms. The van der Waals surface area contributed by atoms with Crippen molar-refractivity contribution in [3.63, 3.8) is 0 Å². The molecule has 0 amide bonds. The number of benzene rings is 2. The Morgan fingerprint density at radius 2 is 1.88 bits per heavy atom. The third-order valence-corrected chi connectivity index (χ3v) is 2.84. The molecule has 3 heteroatoms. The van der Waals surface area contributed by atoms with Crippen LogP contribution in [0.5, 0.6) is 0 Å². The molecule has 0 atom stereocenters. The van der Waals surface area contributed by atoms with E-state index in [0.29, 0.717) is 0 Å². The highest BCUT2D eigenvalue weighted by atomic mass is 15.0. The van der Waals surface area contributed by atoms with Gasteiger partial charge in [-0.25, -0.2) is 4.98 Å². The molecule has 3 nitrogen and oxygen atoms in total. The van der Waals surface area contributed by atoms with E-state index < -0.39 is 0 Å². The fraction of sp³-hybridized carbons (Fsp3) is 0.0714. The smallest absolute Gasteiger partial charge is 0.0961 e. The molecule has 0 spiro atoms. The van der Waals surface area contributed by atoms with Crippen LogP contribution < -0.4 is 5.73 Å². The third kappa shape index (κ3) is 1.87. The summed E-state index contributed by atoms with van der Waals surface area (Å²) in [4.78, 5) is 4.36. The maximum Gasteiger partial charge on any atom is 0.0961 e. The Morgan fingerprint density at radius 3 is 2.71 bits per heavy atom. The number of rotatable bonds is 2. The summed E-state index contributed by atoms with van der Waals surface area (Å²) in [6.45, 7) is 0.820. The highest BCUT2D eigenvalue weighted by molar-refractivity contribution is 5.79. The maximum absolute atomic E-state index is 5.80. The van der Waals surface area contributed by atoms with Crippen molar-refractivity contribution in [3.8, 4) is 0 Å². The summed E-state index contributed by atoms with van der Waals surface area (Å²) in [5.41, 5.74) is 9.89. The van der Waals surface area contributed by atoms with E-state index in [-0.39, 0.29) is 0 Å². The Balaban J connectivity index is 2.03. The van der Waals surface area contributed by atoms with E-state index >= 15 is 0 Å². The number of hydrogen-bond donors (Lipinski definition) is 1. The number of nitrogens with zero attached hydrogens (tertiary/aromatic N) is 2. The number of nitrogen functional groups attached to an aromatic ring is 1. The molecule has 84 valence electrons. The van der Waals surface area contributed by atoms with Gasteiger partial charge in [0.2, 0.25) is 0 Å². The number of aromatic nitrogens is 2. The summed E-state index contributed by atoms with van der Waals surface area (Å²) in [6.07, 6.45) is 1.86. The lowest BCUT2D eigenvalue weighted by molar-refractivity contribution is 0.825. The first-order valence-corrected chi connectivity index (χ1v) is 5.57. The molecule has 3 aromatic rings. The van der Waals surface area contributed by atoms with Gasteiger partial charge in [-0.1, -0.05) is 30.3 Å². The first-order chi connectivity index (χ1) is 8.33. The van der Waals surface area contributed by atoms with Crippen molar-refractivity contribution in [2.75, 3.05) is 5.73 Å². The highest BCUT2D eigenvalue weighted by Crippen LogP contribution is 2.17. The third-order valence-electron chi connectivity index (χ3n) is 2.84. The van der Waals surface area contributed by atoms with Crippen LogP contribution in [-0.2, 0) is 6.54 Å². The van der Waals surface area contributed by atoms with Gasteiger partial charge in [0, 0.05) is 12.2 Å². The largest absolute Gasteiger partial charge is 0.399 e. The predicted octanol–water partition coefficient (Wildman–Crippen LogP) is 2.67. The molecule has 2 N–H and O–H groups in total. The normalized spacial score (nSPS) is 10.8. The van der Waals surface area contributed by atoms with Crippen LogP contribution in [0.1, 0.15) is 5.56 Å². The zero-order valence-electron chi connectivity index (χ0n) is 9.38. The first kappa shape index (κ1) is 9.90. The van der Waals surface area contributed by atoms with Gasteiger partial charge in [0.1, 0.15) is 0 Å². The van der Waals surface area contributed by atoms with Crippen molar-refractivity contribution in [2.24, 2.45) is 0 Å². The van der Waals surface area contributed by atoms with E-state index in [4.69, 9.17) is 5.73 Å². The fourth-order valence-corrected chi connectivity index (χ4v) is 1.98. The minimum Gasteiger partial charge on any atom is -0.399 e. The van der Waals surface area contributed by atoms with E-state index in [9.17, 15) is 0 Å². The Labute approximate surface area is 99.5 Å². The highest BCUT2D eigenvalue weighted by Gasteiger charge is 2.03. The Bertz CT molecular complexity index is 641. The van der Waals surface area contributed by atoms with Gasteiger partial charge in [-0.2, -0.15) is 0 Å². The van der Waals surface area contributed by atoms with Crippen molar-refractivity contribution >= 4 is 16.7 Å². The Kier molecular flexibility index (Phi) is 2.29. The Morgan fingerprint density at radius 1 is 1.06 bits per heavy atom. The van der Waals surface area contributed by atoms with Gasteiger partial charge in [-0.3, -0.25) is 0 Å². The molecule has 1 aromatic heterocycles. The molecule has 0 unspecified atom stereocenters. The molecule has 2 aromatic carbocycles. The number of imidazole rings is 1. The topological polar surface area (TPSA) is 43.8 Å². The molecule has 3 rings (SSSR count). The van der Waals surface area contributed by atoms with E-state index in [2.05, 4.69) is 21.7 Å². The average molecular weight is 223 g/mol. The van der Waals surface area contributed by atoms with Gasteiger partial charge in [0.15, 0.2) is 0 Å². The second-order valence-electron chi connectivity index (χ2n) is 4.11. The minimum absolute atomic E-state index is 0.771. The van der Waals surface area contributed by atoms with Gasteiger partial charge in [0.05, 0.1) is 17.4 Å². The predicted molar refractivity (Wildman–Crippen MR) is 69.7 cm³/mol. The van der Waals surface area contributed by atoms with Crippen LogP contribution in [0.3, 0.4) is 0 Å². The number of anilines is 1. The van der Waals surface area contributed by atoms with Crippen LogP contribution in [0, 0.1) is 0 Å². The molecule has 0 aliphatic rings. The summed E-state index contributed by atoms with van der Waals surface area (Å²) in [5.74, 6) is 0. The van der Waals surface area contributed by atoms with Crippen LogP contribution in [0.2, 0.25) is 0 Å². The van der Waals surface area contributed by atoms with Crippen molar-refractivity contribution in [2.45, 2.75) is 6.54 Å². The molecule has 0 saturated heterocycles. The lowest BCUT2D eigenvalue weighted by Gasteiger charge is -2.04. The van der Waals surface area contributed by atoms with Crippen LogP contribution >= 0.6 is 0 Å². The van der Waals surface area contributed by atoms with Crippen LogP contribution in [0.25, 0.3) is 11.0 Å². The fourth-order valence-electron chi connectivity index (χ4n) is 1.98. The van der Waals surface area contributed by atoms with Crippen LogP contribution in [-0.4, -0.2) is 9.55 Å². The molecule has 0 radical (unpaired) electrons. The molecule has 0 aliphatic carbocycles. The summed E-state index contributed by atoms with van der Waals surface area (Å²) < 4.78 is 2.11. The van der Waals surface area contributed by atoms with E-state index in [1.165, 1.54) is 5.56 Å². The number of fused-ring (bicyclic) bond motifs is 1. The number of hydrogen-bond acceptors (Lipinski definition) is 2. The van der Waals surface area contributed by atoms with E-state index in [1.54, 1.807) is 0 Å². The van der Waals surface area contributed by atoms with Crippen molar-refractivity contribution < 1.29 is 0 Å². The molecule has 0 aliphatic heterocycles. The Hall–Kier alpha value is -2.29. The van der Waals surface area contributed by atoms with Crippen molar-refractivity contribution in [1.82, 2.24) is 9.55 Å². The van der Waals surface area contributed by atoms with Gasteiger partial charge < -0.3 is 10.3 Å². The molecular formula is C14H13N3. The van der Waals surface area contributed by atoms with E-state index in [0.717, 1.165) is 23.3 Å². The minimum atomic E-state index is 0.771. The maximum atomic E-state index is 5.80. The lowest BCUT2D eigenvalue weighted by Crippen LogP contribution is -1.97. The second-order valence-corrected chi connectivity index (χ2v) is 4.11. The van der Waals surface area contributed by atoms with Crippen molar-refractivity contribution in [3.05, 3.63) is 60.4 Å². The molecule has 0 saturated carbocycles. The quantitative estimate of drug-likeness (QED) is 0.679. The monoisotopic (exact) mass is 223 g/mol. The summed E-state index contributed by atoms with van der Waals surface area (Å²) in [5, 5.41) is 0. The number of nitrogens with two attached hydrogens (primary N) is 1. The summed E-state index contributed by atoms with van der Waals surface area (Å²) in [7, 11) is 0. The molecule has 1 heterocycles. The zero-order valence-corrected chi connectivity index (χ0v) is 9.38. The van der Waals surface area contributed by atoms with Crippen molar-refractivity contribution in [1.29, 1.82) is 0 Å². The van der Waals surface area contributed by atoms with Crippen LogP contribution in [0.4, 0.5) is 5.69 Å². The van der Waals surface area contributed by atoms with Crippen LogP contribution in [0.15, 0.2) is 54.9 Å². The average Bonchev–Trinajstić information content (AvgIpc) is 2.73. The second kappa shape index (κ2) is 3.94. The first-order valence-electron chi connectivity index (χ1n) is 5.57.